The molecule has 24 heavy (non-hydrogen) atoms. The molecule has 1 unspecified atom stereocenters. The van der Waals surface area contributed by atoms with Gasteiger partial charge in [-0.2, -0.15) is 13.2 Å². The fourth-order valence-electron chi connectivity index (χ4n) is 2.47. The lowest BCUT2D eigenvalue weighted by Gasteiger charge is -2.18. The summed E-state index contributed by atoms with van der Waals surface area (Å²) in [4.78, 5) is 17.8. The van der Waals surface area contributed by atoms with Crippen molar-refractivity contribution >= 4 is 35.8 Å². The van der Waals surface area contributed by atoms with Gasteiger partial charge < -0.3 is 15.5 Å². The highest BCUT2D eigenvalue weighted by molar-refractivity contribution is 14.0. The molecule has 1 aliphatic rings. The van der Waals surface area contributed by atoms with Gasteiger partial charge in [-0.3, -0.25) is 9.79 Å². The Bertz CT molecular complexity index is 405. The molecule has 1 atom stereocenters. The third-order valence-electron chi connectivity index (χ3n) is 3.67. The molecule has 1 amide bonds. The predicted molar refractivity (Wildman–Crippen MR) is 99.7 cm³/mol. The number of hydrogen-bond acceptors (Lipinski definition) is 2. The molecule has 2 N–H and O–H groups in total. The molecule has 142 valence electrons. The van der Waals surface area contributed by atoms with Crippen LogP contribution in [0.4, 0.5) is 13.2 Å². The van der Waals surface area contributed by atoms with Crippen LogP contribution in [-0.2, 0) is 4.79 Å². The Morgan fingerprint density at radius 2 is 2.00 bits per heavy atom. The molecule has 1 rings (SSSR count). The fourth-order valence-corrected chi connectivity index (χ4v) is 2.47. The number of amides is 1. The summed E-state index contributed by atoms with van der Waals surface area (Å²) in [5, 5.41) is 6.34. The largest absolute Gasteiger partial charge is 0.389 e. The Balaban J connectivity index is 0.00000529. The summed E-state index contributed by atoms with van der Waals surface area (Å²) < 4.78 is 36.2. The summed E-state index contributed by atoms with van der Waals surface area (Å²) in [5.74, 6) is 0.749. The second-order valence-corrected chi connectivity index (χ2v) is 5.66. The molecule has 0 aromatic heterocycles. The minimum absolute atomic E-state index is 0. The van der Waals surface area contributed by atoms with Crippen molar-refractivity contribution in [3.05, 3.63) is 0 Å². The van der Waals surface area contributed by atoms with Crippen molar-refractivity contribution in [2.75, 3.05) is 26.2 Å². The summed E-state index contributed by atoms with van der Waals surface area (Å²) in [5.41, 5.74) is 0. The lowest BCUT2D eigenvalue weighted by atomic mass is 10.2. The van der Waals surface area contributed by atoms with Crippen molar-refractivity contribution in [1.82, 2.24) is 15.5 Å². The number of nitrogens with zero attached hydrogens (tertiary/aromatic N) is 2. The van der Waals surface area contributed by atoms with Gasteiger partial charge in [-0.25, -0.2) is 0 Å². The number of nitrogens with one attached hydrogen (secondary N) is 2. The topological polar surface area (TPSA) is 56.7 Å². The monoisotopic (exact) mass is 464 g/mol. The molecule has 0 saturated carbocycles. The maximum Gasteiger partial charge on any atom is 0.389 e. The number of unbranched alkanes of at least 4 members (excludes halogenated alkanes) is 1. The zero-order valence-electron chi connectivity index (χ0n) is 14.3. The first-order chi connectivity index (χ1) is 10.9. The van der Waals surface area contributed by atoms with E-state index < -0.39 is 12.6 Å². The summed E-state index contributed by atoms with van der Waals surface area (Å²) in [6.45, 7) is 6.19. The van der Waals surface area contributed by atoms with Crippen LogP contribution < -0.4 is 10.6 Å². The maximum absolute atomic E-state index is 12.1. The third kappa shape index (κ3) is 9.53. The minimum atomic E-state index is -4.09. The second-order valence-electron chi connectivity index (χ2n) is 5.66. The Hall–Kier alpha value is -0.740. The van der Waals surface area contributed by atoms with Crippen LogP contribution in [0.3, 0.4) is 0 Å². The number of carbonyl (C=O) groups excluding carboxylic acids is 1. The summed E-state index contributed by atoms with van der Waals surface area (Å²) in [6.07, 6.45) is -3.01. The van der Waals surface area contributed by atoms with Gasteiger partial charge in [0.15, 0.2) is 5.96 Å². The molecule has 1 saturated heterocycles. The number of halogens is 4. The molecule has 0 bridgehead atoms. The van der Waals surface area contributed by atoms with Crippen LogP contribution in [0.5, 0.6) is 0 Å². The quantitative estimate of drug-likeness (QED) is 0.264. The molecule has 0 aromatic rings. The molecule has 1 fully saturated rings. The second kappa shape index (κ2) is 11.8. The van der Waals surface area contributed by atoms with E-state index in [1.165, 1.54) is 0 Å². The lowest BCUT2D eigenvalue weighted by Crippen LogP contribution is -2.45. The number of hydrogen-bond donors (Lipinski definition) is 2. The van der Waals surface area contributed by atoms with E-state index in [1.54, 1.807) is 0 Å². The van der Waals surface area contributed by atoms with E-state index >= 15 is 0 Å². The molecule has 0 spiro atoms. The summed E-state index contributed by atoms with van der Waals surface area (Å²) in [6, 6.07) is 0.137. The molecule has 1 aliphatic heterocycles. The highest BCUT2D eigenvalue weighted by Crippen LogP contribution is 2.22. The number of carbonyl (C=O) groups is 1. The van der Waals surface area contributed by atoms with Gasteiger partial charge in [0.1, 0.15) is 0 Å². The Kier molecular flexibility index (Phi) is 11.4. The lowest BCUT2D eigenvalue weighted by molar-refractivity contribution is -0.135. The van der Waals surface area contributed by atoms with Crippen LogP contribution in [0.25, 0.3) is 0 Å². The molecule has 0 aromatic carbocycles. The van der Waals surface area contributed by atoms with Gasteiger partial charge in [0.05, 0.1) is 0 Å². The number of likely N-dealkylation sites (tertiary alicyclic amines) is 1. The zero-order valence-corrected chi connectivity index (χ0v) is 16.6. The third-order valence-corrected chi connectivity index (χ3v) is 3.67. The molecule has 0 radical (unpaired) electrons. The van der Waals surface area contributed by atoms with Crippen LogP contribution in [0.15, 0.2) is 4.99 Å². The van der Waals surface area contributed by atoms with Crippen LogP contribution in [0, 0.1) is 0 Å². The van der Waals surface area contributed by atoms with Gasteiger partial charge in [0.2, 0.25) is 5.91 Å². The highest BCUT2D eigenvalue weighted by atomic mass is 127. The Morgan fingerprint density at radius 1 is 1.29 bits per heavy atom. The number of alkyl halides is 3. The fraction of sp³-hybridized carbons (Fsp3) is 0.867. The normalized spacial score (nSPS) is 18.3. The Morgan fingerprint density at radius 3 is 2.58 bits per heavy atom. The van der Waals surface area contributed by atoms with E-state index in [0.29, 0.717) is 38.4 Å². The van der Waals surface area contributed by atoms with Gasteiger partial charge in [-0.15, -0.1) is 24.0 Å². The zero-order chi connectivity index (χ0) is 17.3. The van der Waals surface area contributed by atoms with Crippen molar-refractivity contribution in [3.63, 3.8) is 0 Å². The first-order valence-electron chi connectivity index (χ1n) is 8.25. The van der Waals surface area contributed by atoms with E-state index in [9.17, 15) is 18.0 Å². The van der Waals surface area contributed by atoms with Crippen molar-refractivity contribution in [3.8, 4) is 0 Å². The van der Waals surface area contributed by atoms with Gasteiger partial charge in [0, 0.05) is 45.1 Å². The molecule has 1 heterocycles. The molecule has 9 heteroatoms. The first-order valence-corrected chi connectivity index (χ1v) is 8.25. The van der Waals surface area contributed by atoms with Crippen molar-refractivity contribution < 1.29 is 18.0 Å². The molecular formula is C15H28F3IN4O. The first kappa shape index (κ1) is 23.3. The molecular weight excluding hydrogens is 436 g/mol. The van der Waals surface area contributed by atoms with Crippen molar-refractivity contribution in [2.24, 2.45) is 4.99 Å². The Labute approximate surface area is 158 Å². The van der Waals surface area contributed by atoms with Gasteiger partial charge in [-0.05, 0) is 26.2 Å². The highest BCUT2D eigenvalue weighted by Gasteiger charge is 2.26. The van der Waals surface area contributed by atoms with E-state index in [0.717, 1.165) is 13.0 Å². The van der Waals surface area contributed by atoms with Gasteiger partial charge in [-0.1, -0.05) is 6.92 Å². The van der Waals surface area contributed by atoms with Crippen LogP contribution in [0.2, 0.25) is 0 Å². The van der Waals surface area contributed by atoms with Gasteiger partial charge >= 0.3 is 6.18 Å². The van der Waals surface area contributed by atoms with E-state index in [-0.39, 0.29) is 42.3 Å². The SMILES string of the molecule is CCNC(=NCCCCC(F)(F)F)NC1CCN(C(=O)CC)C1.I. The minimum Gasteiger partial charge on any atom is -0.357 e. The smallest absolute Gasteiger partial charge is 0.357 e. The van der Waals surface area contributed by atoms with E-state index in [4.69, 9.17) is 0 Å². The number of aliphatic imine (C=N–C) groups is 1. The average Bonchev–Trinajstić information content (AvgIpc) is 2.93. The van der Waals surface area contributed by atoms with E-state index in [1.807, 2.05) is 18.7 Å². The van der Waals surface area contributed by atoms with Crippen molar-refractivity contribution in [1.29, 1.82) is 0 Å². The molecule has 0 aliphatic carbocycles. The van der Waals surface area contributed by atoms with Crippen LogP contribution >= 0.6 is 24.0 Å². The van der Waals surface area contributed by atoms with E-state index in [2.05, 4.69) is 15.6 Å². The molecule has 5 nitrogen and oxygen atoms in total. The van der Waals surface area contributed by atoms with Crippen LogP contribution in [0.1, 0.15) is 46.0 Å². The number of rotatable bonds is 7. The van der Waals surface area contributed by atoms with Gasteiger partial charge in [0.25, 0.3) is 0 Å². The maximum atomic E-state index is 12.1. The number of guanidine groups is 1. The standard InChI is InChI=1S/C15H27F3N4O.HI/c1-3-13(23)22-10-7-12(11-22)21-14(19-4-2)20-9-6-5-8-15(16,17)18;/h12H,3-11H2,1-2H3,(H2,19,20,21);1H. The van der Waals surface area contributed by atoms with Crippen LogP contribution in [-0.4, -0.2) is 55.2 Å². The average molecular weight is 464 g/mol. The predicted octanol–water partition coefficient (Wildman–Crippen LogP) is 2.90. The van der Waals surface area contributed by atoms with Crippen molar-refractivity contribution in [2.45, 2.75) is 58.2 Å². The summed E-state index contributed by atoms with van der Waals surface area (Å²) >= 11 is 0. The summed E-state index contributed by atoms with van der Waals surface area (Å²) in [7, 11) is 0.